The Bertz CT molecular complexity index is 450. The fourth-order valence-electron chi connectivity index (χ4n) is 5.74. The summed E-state index contributed by atoms with van der Waals surface area (Å²) in [6.07, 6.45) is 13.2. The van der Waals surface area contributed by atoms with Gasteiger partial charge in [-0.1, -0.05) is 0 Å². The summed E-state index contributed by atoms with van der Waals surface area (Å²) in [5, 5.41) is 7.88. The van der Waals surface area contributed by atoms with E-state index in [0.29, 0.717) is 6.04 Å². The fraction of sp³-hybridized carbons (Fsp3) is 0.824. The number of nitrogens with zero attached hydrogens (tertiary/aromatic N) is 2. The molecule has 0 radical (unpaired) electrons. The molecule has 4 fully saturated rings. The van der Waals surface area contributed by atoms with Crippen molar-refractivity contribution in [1.82, 2.24) is 15.1 Å². The van der Waals surface area contributed by atoms with Crippen LogP contribution in [0.2, 0.25) is 0 Å². The van der Waals surface area contributed by atoms with Crippen LogP contribution in [-0.2, 0) is 7.05 Å². The maximum atomic E-state index is 4.35. The lowest BCUT2D eigenvalue weighted by molar-refractivity contribution is -0.0431. The van der Waals surface area contributed by atoms with Gasteiger partial charge in [0.2, 0.25) is 0 Å². The minimum absolute atomic E-state index is 0.492. The van der Waals surface area contributed by atoms with Crippen molar-refractivity contribution in [3.63, 3.8) is 0 Å². The van der Waals surface area contributed by atoms with Gasteiger partial charge in [-0.25, -0.2) is 0 Å². The number of rotatable bonds is 4. The van der Waals surface area contributed by atoms with Gasteiger partial charge in [0.1, 0.15) is 0 Å². The predicted molar refractivity (Wildman–Crippen MR) is 80.2 cm³/mol. The lowest BCUT2D eigenvalue weighted by Gasteiger charge is -2.55. The van der Waals surface area contributed by atoms with Gasteiger partial charge >= 0.3 is 0 Å². The van der Waals surface area contributed by atoms with Crippen LogP contribution >= 0.6 is 0 Å². The van der Waals surface area contributed by atoms with Crippen molar-refractivity contribution in [2.24, 2.45) is 36.6 Å². The molecular formula is C17H27N3. The van der Waals surface area contributed by atoms with Gasteiger partial charge < -0.3 is 5.32 Å². The van der Waals surface area contributed by atoms with Gasteiger partial charge in [-0.3, -0.25) is 4.68 Å². The van der Waals surface area contributed by atoms with Crippen molar-refractivity contribution < 1.29 is 0 Å². The average molecular weight is 273 g/mol. The zero-order chi connectivity index (χ0) is 13.7. The zero-order valence-electron chi connectivity index (χ0n) is 12.8. The number of nitrogens with one attached hydrogen (secondary N) is 1. The van der Waals surface area contributed by atoms with Crippen LogP contribution in [0.1, 0.15) is 50.1 Å². The first-order valence-corrected chi connectivity index (χ1v) is 8.38. The van der Waals surface area contributed by atoms with Crippen LogP contribution in [0.4, 0.5) is 0 Å². The quantitative estimate of drug-likeness (QED) is 0.913. The summed E-state index contributed by atoms with van der Waals surface area (Å²) in [7, 11) is 4.12. The van der Waals surface area contributed by atoms with Crippen LogP contribution in [0.5, 0.6) is 0 Å². The molecule has 4 aliphatic rings. The van der Waals surface area contributed by atoms with Crippen molar-refractivity contribution in [3.05, 3.63) is 18.0 Å². The van der Waals surface area contributed by atoms with Gasteiger partial charge in [-0.2, -0.15) is 5.10 Å². The highest BCUT2D eigenvalue weighted by Gasteiger charge is 2.48. The van der Waals surface area contributed by atoms with Gasteiger partial charge in [0.05, 0.1) is 6.20 Å². The normalized spacial score (nSPS) is 40.2. The Kier molecular flexibility index (Phi) is 3.13. The molecule has 3 heteroatoms. The van der Waals surface area contributed by atoms with E-state index in [4.69, 9.17) is 0 Å². The molecule has 20 heavy (non-hydrogen) atoms. The molecular weight excluding hydrogens is 246 g/mol. The number of aromatic nitrogens is 2. The van der Waals surface area contributed by atoms with Crippen molar-refractivity contribution in [2.75, 3.05) is 7.05 Å². The van der Waals surface area contributed by atoms with E-state index in [-0.39, 0.29) is 0 Å². The maximum Gasteiger partial charge on any atom is 0.0537 e. The van der Waals surface area contributed by atoms with E-state index in [1.54, 1.807) is 6.42 Å². The SMILES string of the molecule is CNC(CC1C2CC3CC(C2)CC1C3)c1cnn(C)c1. The van der Waals surface area contributed by atoms with E-state index in [0.717, 1.165) is 29.6 Å². The fourth-order valence-corrected chi connectivity index (χ4v) is 5.74. The Hall–Kier alpha value is -0.830. The molecule has 4 bridgehead atoms. The second-order valence-electron chi connectivity index (χ2n) is 7.62. The molecule has 4 aliphatic carbocycles. The minimum atomic E-state index is 0.492. The van der Waals surface area contributed by atoms with Gasteiger partial charge in [-0.15, -0.1) is 0 Å². The second-order valence-corrected chi connectivity index (χ2v) is 7.62. The van der Waals surface area contributed by atoms with Gasteiger partial charge in [-0.05, 0) is 75.2 Å². The van der Waals surface area contributed by atoms with Gasteiger partial charge in [0.25, 0.3) is 0 Å². The molecule has 5 rings (SSSR count). The van der Waals surface area contributed by atoms with Crippen molar-refractivity contribution in [1.29, 1.82) is 0 Å². The highest BCUT2D eigenvalue weighted by molar-refractivity contribution is 5.11. The smallest absolute Gasteiger partial charge is 0.0537 e. The Balaban J connectivity index is 1.50. The van der Waals surface area contributed by atoms with Crippen LogP contribution in [0.3, 0.4) is 0 Å². The van der Waals surface area contributed by atoms with Crippen molar-refractivity contribution in [2.45, 2.75) is 44.6 Å². The molecule has 0 aromatic carbocycles. The van der Waals surface area contributed by atoms with Crippen molar-refractivity contribution in [3.8, 4) is 0 Å². The number of hydrogen-bond donors (Lipinski definition) is 1. The average Bonchev–Trinajstić information content (AvgIpc) is 2.84. The summed E-state index contributed by atoms with van der Waals surface area (Å²) >= 11 is 0. The van der Waals surface area contributed by atoms with Crippen LogP contribution in [-0.4, -0.2) is 16.8 Å². The lowest BCUT2D eigenvalue weighted by atomic mass is 9.51. The van der Waals surface area contributed by atoms with Crippen LogP contribution in [0.25, 0.3) is 0 Å². The molecule has 110 valence electrons. The first kappa shape index (κ1) is 12.9. The lowest BCUT2D eigenvalue weighted by Crippen LogP contribution is -2.46. The third-order valence-corrected chi connectivity index (χ3v) is 6.41. The van der Waals surface area contributed by atoms with E-state index in [9.17, 15) is 0 Å². The van der Waals surface area contributed by atoms with Crippen LogP contribution in [0, 0.1) is 29.6 Å². The molecule has 1 aromatic rings. The monoisotopic (exact) mass is 273 g/mol. The summed E-state index contributed by atoms with van der Waals surface area (Å²) in [4.78, 5) is 0. The van der Waals surface area contributed by atoms with Gasteiger partial charge in [0.15, 0.2) is 0 Å². The Labute approximate surface area is 122 Å². The van der Waals surface area contributed by atoms with E-state index >= 15 is 0 Å². The third-order valence-electron chi connectivity index (χ3n) is 6.41. The molecule has 4 saturated carbocycles. The van der Waals surface area contributed by atoms with E-state index < -0.39 is 0 Å². The summed E-state index contributed by atoms with van der Waals surface area (Å²) in [5.74, 6) is 5.18. The van der Waals surface area contributed by atoms with Crippen LogP contribution in [0.15, 0.2) is 12.4 Å². The molecule has 1 atom stereocenters. The minimum Gasteiger partial charge on any atom is -0.313 e. The van der Waals surface area contributed by atoms with Crippen molar-refractivity contribution >= 4 is 0 Å². The largest absolute Gasteiger partial charge is 0.313 e. The molecule has 1 heterocycles. The number of hydrogen-bond acceptors (Lipinski definition) is 2. The van der Waals surface area contributed by atoms with Gasteiger partial charge in [0, 0.05) is 24.8 Å². The van der Waals surface area contributed by atoms with E-state index in [2.05, 4.69) is 23.7 Å². The molecule has 0 saturated heterocycles. The summed E-state index contributed by atoms with van der Waals surface area (Å²) < 4.78 is 1.93. The summed E-state index contributed by atoms with van der Waals surface area (Å²) in [5.41, 5.74) is 1.36. The van der Waals surface area contributed by atoms with Crippen LogP contribution < -0.4 is 5.32 Å². The Morgan fingerprint density at radius 1 is 1.20 bits per heavy atom. The molecule has 1 unspecified atom stereocenters. The molecule has 0 aliphatic heterocycles. The topological polar surface area (TPSA) is 29.9 Å². The van der Waals surface area contributed by atoms with E-state index in [1.165, 1.54) is 37.7 Å². The summed E-state index contributed by atoms with van der Waals surface area (Å²) in [6, 6.07) is 0.492. The third kappa shape index (κ3) is 2.11. The second kappa shape index (κ2) is 4.87. The van der Waals surface area contributed by atoms with E-state index in [1.807, 2.05) is 17.9 Å². The summed E-state index contributed by atoms with van der Waals surface area (Å²) in [6.45, 7) is 0. The highest BCUT2D eigenvalue weighted by atomic mass is 15.2. The molecule has 1 N–H and O–H groups in total. The number of aryl methyl sites for hydroxylation is 1. The first-order valence-electron chi connectivity index (χ1n) is 8.38. The first-order chi connectivity index (χ1) is 9.72. The predicted octanol–water partition coefficient (Wildman–Crippen LogP) is 3.14. The maximum absolute atomic E-state index is 4.35. The molecule has 1 aromatic heterocycles. The molecule has 0 spiro atoms. The Morgan fingerprint density at radius 3 is 2.35 bits per heavy atom. The highest BCUT2D eigenvalue weighted by Crippen LogP contribution is 2.58. The Morgan fingerprint density at radius 2 is 1.85 bits per heavy atom. The molecule has 0 amide bonds. The molecule has 3 nitrogen and oxygen atoms in total. The standard InChI is InChI=1S/C17H27N3/c1-18-17(15-9-19-20(2)10-15)8-16-13-4-11-3-12(6-13)7-14(16)5-11/h9-14,16-18H,3-8H2,1-2H3. The zero-order valence-corrected chi connectivity index (χ0v) is 12.8.